The van der Waals surface area contributed by atoms with Gasteiger partial charge in [-0.3, -0.25) is 0 Å². The minimum absolute atomic E-state index is 0. The van der Waals surface area contributed by atoms with E-state index in [2.05, 4.69) is 63.5 Å². The molecule has 3 aromatic heterocycles. The predicted molar refractivity (Wildman–Crippen MR) is 425 cm³/mol. The van der Waals surface area contributed by atoms with Crippen molar-refractivity contribution in [1.29, 1.82) is 5.31 Å². The quantitative estimate of drug-likeness (QED) is 0.0323. The number of methoxy groups -OCH3 is 3. The Balaban J connectivity index is 0.000000169. The number of halogens is 1. The molecule has 5 aliphatic rings. The number of carbonyl (C=O) groups is 6. The van der Waals surface area contributed by atoms with Crippen molar-refractivity contribution in [3.8, 4) is 33.8 Å². The molecule has 0 amide bonds. The van der Waals surface area contributed by atoms with Gasteiger partial charge >= 0.3 is 217 Å². The first-order valence-corrected chi connectivity index (χ1v) is 37.3. The fraction of sp³-hybridized carbons (Fsp3) is 0.364. The first kappa shape index (κ1) is 78.6. The van der Waals surface area contributed by atoms with E-state index in [9.17, 15) is 33.9 Å². The molecule has 3 saturated carbocycles. The zero-order valence-electron chi connectivity index (χ0n) is 58.7. The Labute approximate surface area is 631 Å². The Morgan fingerprint density at radius 2 is 0.887 bits per heavy atom. The molecule has 0 spiro atoms. The summed E-state index contributed by atoms with van der Waals surface area (Å²) in [6.07, 6.45) is 20.0. The van der Waals surface area contributed by atoms with Crippen LogP contribution in [0.25, 0.3) is 72.2 Å². The molecule has 0 bridgehead atoms. The molecule has 0 radical (unpaired) electrons. The fourth-order valence-electron chi connectivity index (χ4n) is 17.0. The first-order chi connectivity index (χ1) is 50.3. The molecule has 16 nitrogen and oxygen atoms in total. The van der Waals surface area contributed by atoms with Crippen LogP contribution in [0, 0.1) is 5.31 Å². The van der Waals surface area contributed by atoms with Crippen molar-refractivity contribution in [1.82, 2.24) is 13.7 Å². The zero-order chi connectivity index (χ0) is 71.8. The summed E-state index contributed by atoms with van der Waals surface area (Å²) in [4.78, 5) is 76.2. The summed E-state index contributed by atoms with van der Waals surface area (Å²) in [6, 6.07) is 50.1. The molecular weight excluding hydrogens is 1400 g/mol. The summed E-state index contributed by atoms with van der Waals surface area (Å²) < 4.78 is 31.7. The van der Waals surface area contributed by atoms with E-state index in [-0.39, 0.29) is 34.6 Å². The van der Waals surface area contributed by atoms with Gasteiger partial charge in [0.05, 0.1) is 47.8 Å². The maximum absolute atomic E-state index is 13.5. The average Bonchev–Trinajstić information content (AvgIpc) is 1.56. The van der Waals surface area contributed by atoms with Crippen LogP contribution >= 0.6 is 15.9 Å². The van der Waals surface area contributed by atoms with Crippen LogP contribution in [-0.2, 0) is 62.8 Å². The number of nitrogens with zero attached hydrogens (tertiary/aromatic N) is 3. The van der Waals surface area contributed by atoms with Crippen molar-refractivity contribution >= 4 is 97.4 Å². The van der Waals surface area contributed by atoms with Crippen molar-refractivity contribution in [3.05, 3.63) is 220 Å². The van der Waals surface area contributed by atoms with E-state index in [1.54, 1.807) is 0 Å². The molecule has 3 fully saturated rings. The minimum atomic E-state index is -0.829. The van der Waals surface area contributed by atoms with Gasteiger partial charge in [0.25, 0.3) is 0 Å². The van der Waals surface area contributed by atoms with Gasteiger partial charge in [0.1, 0.15) is 18.3 Å². The number of carbonyl (C=O) groups excluding carboxylic acids is 5. The number of aromatic nitrogens is 3. The molecule has 106 heavy (non-hydrogen) atoms. The Morgan fingerprint density at radius 3 is 1.33 bits per heavy atom. The summed E-state index contributed by atoms with van der Waals surface area (Å²) >= 11 is 3.67. The van der Waals surface area contributed by atoms with Gasteiger partial charge in [0.2, 0.25) is 0 Å². The van der Waals surface area contributed by atoms with Crippen LogP contribution in [0.3, 0.4) is 0 Å². The Bertz CT molecular complexity index is 4900. The van der Waals surface area contributed by atoms with E-state index in [4.69, 9.17) is 28.9 Å². The molecule has 3 aliphatic carbocycles. The van der Waals surface area contributed by atoms with Gasteiger partial charge in [0.15, 0.2) is 0 Å². The number of benzene rings is 7. The SMILES string of the molecule is C.C.C.C=C(C(=O)OCc1ccccc1)n1c(-c2ccccc2CBr)c(C2CCCCC2)c2ccc(C(=O)OC)cc21.COC(=O)c1ccc2c(C3CCCCC3)c3n(c2c1)C(C(=O)O)CCc1ccccc1-3.COC(=O)c1ccc2c(C3CCCCC3)c3n(c2c1)C(C(=O)OB=N)CCc1ccccc1-3. The molecule has 10 aromatic rings. The van der Waals surface area contributed by atoms with Crippen molar-refractivity contribution < 1.29 is 57.5 Å². The van der Waals surface area contributed by atoms with Gasteiger partial charge in [0, 0.05) is 27.2 Å². The number of rotatable bonds is 15. The van der Waals surface area contributed by atoms with E-state index < -0.39 is 47.9 Å². The number of esters is 4. The monoisotopic (exact) mass is 1490 g/mol. The molecule has 2 unspecified atom stereocenters. The third-order valence-corrected chi connectivity index (χ3v) is 22.4. The van der Waals surface area contributed by atoms with Gasteiger partial charge in [-0.25, -0.2) is 19.2 Å². The number of hydrogen-bond acceptors (Lipinski definition) is 12. The molecular formula is C88H98BBrN4O12. The van der Waals surface area contributed by atoms with Crippen LogP contribution in [0.2, 0.25) is 0 Å². The van der Waals surface area contributed by atoms with Crippen LogP contribution in [0.5, 0.6) is 0 Å². The van der Waals surface area contributed by atoms with E-state index >= 15 is 0 Å². The number of nitrogens with one attached hydrogen (secondary N) is 1. The van der Waals surface area contributed by atoms with Gasteiger partial charge in [-0.2, -0.15) is 0 Å². The molecule has 15 rings (SSSR count). The molecule has 2 atom stereocenters. The number of hydrogen-bond donors (Lipinski definition) is 2. The second-order valence-electron chi connectivity index (χ2n) is 27.7. The van der Waals surface area contributed by atoms with Gasteiger partial charge in [-0.05, 0) is 102 Å². The zero-order valence-corrected chi connectivity index (χ0v) is 60.3. The third-order valence-electron chi connectivity index (χ3n) is 21.8. The summed E-state index contributed by atoms with van der Waals surface area (Å²) in [5, 5.41) is 21.3. The van der Waals surface area contributed by atoms with Crippen LogP contribution in [-0.4, -0.2) is 83.2 Å². The van der Waals surface area contributed by atoms with Gasteiger partial charge < -0.3 is 28.5 Å². The number of carboxylic acid groups (broad SMARTS) is 1. The third kappa shape index (κ3) is 15.7. The topological polar surface area (TPSA) is 207 Å². The van der Waals surface area contributed by atoms with E-state index in [1.165, 1.54) is 94.1 Å². The second-order valence-corrected chi connectivity index (χ2v) is 28.2. The van der Waals surface area contributed by atoms with Crippen molar-refractivity contribution in [3.63, 3.8) is 0 Å². The van der Waals surface area contributed by atoms with Crippen LogP contribution < -0.4 is 0 Å². The van der Waals surface area contributed by atoms with Crippen LogP contribution in [0.15, 0.2) is 164 Å². The Morgan fingerprint density at radius 1 is 0.491 bits per heavy atom. The molecule has 0 saturated heterocycles. The normalized spacial score (nSPS) is 16.2. The van der Waals surface area contributed by atoms with E-state index in [0.717, 1.165) is 142 Å². The van der Waals surface area contributed by atoms with Crippen molar-refractivity contribution in [2.75, 3.05) is 21.3 Å². The first-order valence-electron chi connectivity index (χ1n) is 36.2. The second kappa shape index (κ2) is 35.4. The summed E-state index contributed by atoms with van der Waals surface area (Å²) in [5.74, 6) is -1.89. The van der Waals surface area contributed by atoms with E-state index in [0.29, 0.717) is 59.9 Å². The number of aryl methyl sites for hydroxylation is 2. The standard InChI is InChI=1S/C33H32BrNO4.C26H27BN2O4.C26H27NO4.3CH4/c1-22(32(36)39-21-23-11-5-3-6-12-23)35-29-19-25(33(37)38-2)17-18-28(29)30(24-13-7-4-8-14-24)31(35)27-16-10-9-15-26(27)20-34;1-32-25(30)18-11-13-20-22(15-18)29-21(26(31)33-27-28)14-12-16-7-5-6-10-19(16)24(29)23(20)17-8-3-2-4-9-17;1-31-26(30)18-11-13-20-22(15-18)27-21(25(28)29)14-12-16-7-5-6-10-19(16)24(27)23(20)17-8-3-2-4-9-17;;;/h3,5-6,9-12,15-19,24H,1,4,7-8,13-14,20-21H2,2H3;5-7,10-11,13,15,17,21,28H,2-4,8-9,12,14H2,1H3;5-7,10-11,13,15,17,21H,2-4,8-9,12,14H2,1H3,(H,28,29);3*1H4. The number of fused-ring (bicyclic) bond motifs is 11. The summed E-state index contributed by atoms with van der Waals surface area (Å²) in [6.45, 7) is 4.39. The Kier molecular flexibility index (Phi) is 26.3. The number of carboxylic acids is 1. The maximum atomic E-state index is 13.5. The molecule has 7 aromatic carbocycles. The van der Waals surface area contributed by atoms with Crippen LogP contribution in [0.4, 0.5) is 0 Å². The van der Waals surface area contributed by atoms with Gasteiger partial charge in [-0.1, -0.05) is 174 Å². The van der Waals surface area contributed by atoms with Crippen LogP contribution in [0.1, 0.15) is 231 Å². The number of ether oxygens (including phenoxy) is 4. The number of aliphatic carboxylic acids is 1. The Hall–Kier alpha value is -9.94. The number of alkyl halides is 1. The van der Waals surface area contributed by atoms with Crippen molar-refractivity contribution in [2.45, 2.75) is 186 Å². The molecule has 2 N–H and O–H groups in total. The molecule has 18 heteroatoms. The van der Waals surface area contributed by atoms with Crippen molar-refractivity contribution in [2.24, 2.45) is 0 Å². The predicted octanol–water partition coefficient (Wildman–Crippen LogP) is 21.4. The summed E-state index contributed by atoms with van der Waals surface area (Å²) in [5.41, 5.74) is 18.4. The van der Waals surface area contributed by atoms with Gasteiger partial charge in [-0.15, -0.1) is 0 Å². The van der Waals surface area contributed by atoms with E-state index in [1.807, 2.05) is 130 Å². The summed E-state index contributed by atoms with van der Waals surface area (Å²) in [7, 11) is 4.82. The molecule has 552 valence electrons. The average molecular weight is 1490 g/mol. The molecule has 5 heterocycles. The fourth-order valence-corrected chi connectivity index (χ4v) is 17.5. The molecule has 2 aliphatic heterocycles.